The third kappa shape index (κ3) is 11.9. The quantitative estimate of drug-likeness (QED) is 0.212. The number of nitrogens with zero attached hydrogens (tertiary/aromatic N) is 2. The number of hydrogen-bond donors (Lipinski definition) is 3. The number of nitrogens with one attached hydrogen (secondary N) is 2. The van der Waals surface area contributed by atoms with Crippen LogP contribution in [0.25, 0.3) is 0 Å². The zero-order valence-corrected chi connectivity index (χ0v) is 27.5. The smallest absolute Gasteiger partial charge is 0.250 e. The van der Waals surface area contributed by atoms with Gasteiger partial charge in [-0.25, -0.2) is 4.98 Å². The van der Waals surface area contributed by atoms with Gasteiger partial charge in [0.2, 0.25) is 5.91 Å². The molecule has 1 heterocycles. The highest BCUT2D eigenvalue weighted by Crippen LogP contribution is 2.28. The first-order chi connectivity index (χ1) is 21.5. The second kappa shape index (κ2) is 17.6. The van der Waals surface area contributed by atoms with Crippen molar-refractivity contribution >= 4 is 23.4 Å². The van der Waals surface area contributed by atoms with Crippen molar-refractivity contribution in [2.75, 3.05) is 11.9 Å². The average molecular weight is 618 g/mol. The molecule has 4 atom stereocenters. The van der Waals surface area contributed by atoms with E-state index in [1.165, 1.54) is 51.8 Å². The zero-order chi connectivity index (χ0) is 32.8. The van der Waals surface area contributed by atoms with Crippen LogP contribution >= 0.6 is 0 Å². The van der Waals surface area contributed by atoms with Gasteiger partial charge in [0.05, 0.1) is 25.1 Å². The summed E-state index contributed by atoms with van der Waals surface area (Å²) in [5.74, 6) is 1.23. The second-order valence-electron chi connectivity index (χ2n) is 12.8. The van der Waals surface area contributed by atoms with Crippen LogP contribution in [0.3, 0.4) is 0 Å². The lowest BCUT2D eigenvalue weighted by molar-refractivity contribution is -0.130. The van der Waals surface area contributed by atoms with Gasteiger partial charge in [0.1, 0.15) is 12.1 Å². The Morgan fingerprint density at radius 1 is 1.02 bits per heavy atom. The standard InChI is InChI=1S/C26H31N5O4.C10H20/c1-18(32)23(20-12-8-5-9-13-20)31-14-22(28-17-31)30-24(33)21(29-25(34)26(2,3)27)16-35-15-19-10-6-4-7-11-19;1-3-10-6-4-5-9(2)7-8-10/h4-14,17,21,23H,15-16,27H2,1-3H3,(H,29,34)(H,30,33);9-10H,3-8H2,1-2H3/t21-,23?;/m1./s1. The van der Waals surface area contributed by atoms with Crippen molar-refractivity contribution in [1.82, 2.24) is 14.9 Å². The molecular weight excluding hydrogens is 566 g/mol. The van der Waals surface area contributed by atoms with E-state index in [9.17, 15) is 14.4 Å². The van der Waals surface area contributed by atoms with Crippen LogP contribution in [-0.4, -0.2) is 45.3 Å². The summed E-state index contributed by atoms with van der Waals surface area (Å²) in [6.07, 6.45) is 11.9. The van der Waals surface area contributed by atoms with E-state index >= 15 is 0 Å². The Bertz CT molecular complexity index is 1340. The molecule has 1 aromatic heterocycles. The van der Waals surface area contributed by atoms with Gasteiger partial charge in [-0.1, -0.05) is 113 Å². The molecule has 1 saturated carbocycles. The minimum atomic E-state index is -1.18. The van der Waals surface area contributed by atoms with Gasteiger partial charge in [0.15, 0.2) is 11.6 Å². The fraction of sp³-hybridized carbons (Fsp3) is 0.500. The van der Waals surface area contributed by atoms with Crippen molar-refractivity contribution < 1.29 is 19.1 Å². The number of rotatable bonds is 12. The van der Waals surface area contributed by atoms with Crippen molar-refractivity contribution in [3.05, 3.63) is 84.3 Å². The molecule has 9 heteroatoms. The number of benzene rings is 2. The van der Waals surface area contributed by atoms with E-state index in [4.69, 9.17) is 10.5 Å². The lowest BCUT2D eigenvalue weighted by Crippen LogP contribution is -2.56. The molecule has 0 bridgehead atoms. The number of nitrogens with two attached hydrogens (primary N) is 1. The number of carbonyl (C=O) groups is 3. The summed E-state index contributed by atoms with van der Waals surface area (Å²) in [5, 5.41) is 5.34. The van der Waals surface area contributed by atoms with Gasteiger partial charge in [-0.3, -0.25) is 14.4 Å². The van der Waals surface area contributed by atoms with E-state index in [1.807, 2.05) is 60.7 Å². The van der Waals surface area contributed by atoms with Crippen molar-refractivity contribution in [2.45, 2.75) is 97.4 Å². The van der Waals surface area contributed by atoms with Gasteiger partial charge >= 0.3 is 0 Å². The van der Waals surface area contributed by atoms with Crippen LogP contribution in [0.5, 0.6) is 0 Å². The van der Waals surface area contributed by atoms with E-state index in [0.29, 0.717) is 0 Å². The summed E-state index contributed by atoms with van der Waals surface area (Å²) >= 11 is 0. The van der Waals surface area contributed by atoms with Crippen LogP contribution in [-0.2, 0) is 25.7 Å². The predicted octanol–water partition coefficient (Wildman–Crippen LogP) is 6.05. The molecule has 4 rings (SSSR count). The number of amides is 2. The molecule has 2 amide bonds. The molecule has 0 spiro atoms. The van der Waals surface area contributed by atoms with E-state index in [-0.39, 0.29) is 24.8 Å². The van der Waals surface area contributed by atoms with Crippen LogP contribution in [0.2, 0.25) is 0 Å². The molecular formula is C36H51N5O4. The highest BCUT2D eigenvalue weighted by atomic mass is 16.5. The maximum absolute atomic E-state index is 13.0. The van der Waals surface area contributed by atoms with Gasteiger partial charge in [-0.05, 0) is 43.7 Å². The first kappa shape index (κ1) is 35.7. The molecule has 2 aromatic carbocycles. The van der Waals surface area contributed by atoms with Crippen LogP contribution < -0.4 is 16.4 Å². The van der Waals surface area contributed by atoms with Crippen LogP contribution in [0, 0.1) is 11.8 Å². The van der Waals surface area contributed by atoms with E-state index < -0.39 is 29.4 Å². The molecule has 45 heavy (non-hydrogen) atoms. The molecule has 1 fully saturated rings. The third-order valence-electron chi connectivity index (χ3n) is 8.21. The molecule has 0 aliphatic heterocycles. The summed E-state index contributed by atoms with van der Waals surface area (Å²) in [6, 6.07) is 17.2. The topological polar surface area (TPSA) is 128 Å². The van der Waals surface area contributed by atoms with Gasteiger partial charge in [0.25, 0.3) is 5.91 Å². The number of anilines is 1. The number of ether oxygens (including phenoxy) is 1. The van der Waals surface area contributed by atoms with Gasteiger partial charge in [-0.15, -0.1) is 0 Å². The van der Waals surface area contributed by atoms with Crippen molar-refractivity contribution in [3.8, 4) is 0 Å². The van der Waals surface area contributed by atoms with Crippen molar-refractivity contribution in [2.24, 2.45) is 17.6 Å². The predicted molar refractivity (Wildman–Crippen MR) is 178 cm³/mol. The summed E-state index contributed by atoms with van der Waals surface area (Å²) in [4.78, 5) is 42.0. The van der Waals surface area contributed by atoms with E-state index in [2.05, 4.69) is 29.5 Å². The Hall–Kier alpha value is -3.82. The van der Waals surface area contributed by atoms with Gasteiger partial charge < -0.3 is 25.7 Å². The monoisotopic (exact) mass is 617 g/mol. The highest BCUT2D eigenvalue weighted by Gasteiger charge is 2.29. The zero-order valence-electron chi connectivity index (χ0n) is 27.5. The van der Waals surface area contributed by atoms with E-state index in [1.54, 1.807) is 24.6 Å². The number of carbonyl (C=O) groups excluding carboxylic acids is 3. The Balaban J connectivity index is 0.000000468. The normalized spacial score (nSPS) is 18.0. The summed E-state index contributed by atoms with van der Waals surface area (Å²) in [7, 11) is 0. The molecule has 0 radical (unpaired) electrons. The summed E-state index contributed by atoms with van der Waals surface area (Å²) < 4.78 is 7.34. The summed E-state index contributed by atoms with van der Waals surface area (Å²) in [5.41, 5.74) is 6.45. The molecule has 1 aliphatic carbocycles. The number of aromatic nitrogens is 2. The summed E-state index contributed by atoms with van der Waals surface area (Å²) in [6.45, 7) is 9.55. The lowest BCUT2D eigenvalue weighted by Gasteiger charge is -2.23. The number of ketones is 1. The van der Waals surface area contributed by atoms with Gasteiger partial charge in [-0.2, -0.15) is 0 Å². The largest absolute Gasteiger partial charge is 0.374 e. The van der Waals surface area contributed by atoms with E-state index in [0.717, 1.165) is 23.0 Å². The SMILES string of the molecule is CC(=O)C(c1ccccc1)n1cnc(NC(=O)[C@@H](COCc2ccccc2)NC(=O)C(C)(C)N)c1.CCC1CCCC(C)CC1. The molecule has 244 valence electrons. The molecule has 1 aliphatic rings. The fourth-order valence-electron chi connectivity index (χ4n) is 5.38. The minimum Gasteiger partial charge on any atom is -0.374 e. The van der Waals surface area contributed by atoms with Crippen LogP contribution in [0.1, 0.15) is 90.3 Å². The maximum atomic E-state index is 13.0. The first-order valence-electron chi connectivity index (χ1n) is 16.1. The Labute approximate surface area is 268 Å². The van der Waals surface area contributed by atoms with Crippen LogP contribution in [0.4, 0.5) is 5.82 Å². The molecule has 3 unspecified atom stereocenters. The van der Waals surface area contributed by atoms with Crippen LogP contribution in [0.15, 0.2) is 73.2 Å². The Morgan fingerprint density at radius 2 is 1.69 bits per heavy atom. The second-order valence-corrected chi connectivity index (χ2v) is 12.8. The van der Waals surface area contributed by atoms with Gasteiger partial charge in [0, 0.05) is 6.20 Å². The Morgan fingerprint density at radius 3 is 2.31 bits per heavy atom. The Kier molecular flexibility index (Phi) is 14.0. The molecule has 4 N–H and O–H groups in total. The number of hydrogen-bond acceptors (Lipinski definition) is 6. The fourth-order valence-corrected chi connectivity index (χ4v) is 5.38. The molecule has 9 nitrogen and oxygen atoms in total. The maximum Gasteiger partial charge on any atom is 0.250 e. The lowest BCUT2D eigenvalue weighted by atomic mass is 9.97. The van der Waals surface area contributed by atoms with Crippen molar-refractivity contribution in [1.29, 1.82) is 0 Å². The van der Waals surface area contributed by atoms with Crippen molar-refractivity contribution in [3.63, 3.8) is 0 Å². The minimum absolute atomic E-state index is 0.0661. The molecule has 0 saturated heterocycles. The first-order valence-corrected chi connectivity index (χ1v) is 16.1. The average Bonchev–Trinajstić information content (AvgIpc) is 3.35. The third-order valence-corrected chi connectivity index (χ3v) is 8.21. The number of Topliss-reactive ketones (excluding diaryl/α,β-unsaturated/α-hetero) is 1. The highest BCUT2D eigenvalue weighted by molar-refractivity contribution is 5.98. The molecule has 3 aromatic rings. The number of imidazole rings is 1.